The number of hydrogen-bond acceptors (Lipinski definition) is 5. The molecule has 2 rings (SSSR count). The zero-order chi connectivity index (χ0) is 18.9. The van der Waals surface area contributed by atoms with Gasteiger partial charge in [0, 0.05) is 38.8 Å². The van der Waals surface area contributed by atoms with Crippen molar-refractivity contribution in [2.45, 2.75) is 26.8 Å². The highest BCUT2D eigenvalue weighted by Gasteiger charge is 2.21. The third kappa shape index (κ3) is 5.28. The average Bonchev–Trinajstić information content (AvgIpc) is 3.17. The Morgan fingerprint density at radius 2 is 2.19 bits per heavy atom. The number of carbonyl (C=O) groups excluding carboxylic acids is 1. The Morgan fingerprint density at radius 3 is 2.77 bits per heavy atom. The van der Waals surface area contributed by atoms with Crippen LogP contribution >= 0.6 is 0 Å². The van der Waals surface area contributed by atoms with Gasteiger partial charge >= 0.3 is 0 Å². The van der Waals surface area contributed by atoms with E-state index in [0.717, 1.165) is 32.7 Å². The largest absolute Gasteiger partial charge is 0.346 e. The number of amides is 1. The lowest BCUT2D eigenvalue weighted by Crippen LogP contribution is -2.49. The molecule has 1 atom stereocenters. The molecule has 2 heterocycles. The van der Waals surface area contributed by atoms with Crippen LogP contribution in [-0.4, -0.2) is 71.0 Å². The fourth-order valence-corrected chi connectivity index (χ4v) is 3.08. The van der Waals surface area contributed by atoms with Gasteiger partial charge in [0.25, 0.3) is 5.91 Å². The number of H-pyrrole nitrogens is 1. The number of nitrogens with one attached hydrogen (secondary N) is 2. The molecular formula is C19H28N6O. The minimum Gasteiger partial charge on any atom is -0.346 e. The van der Waals surface area contributed by atoms with Crippen molar-refractivity contribution >= 4 is 5.91 Å². The number of nitriles is 1. The van der Waals surface area contributed by atoms with E-state index in [1.165, 1.54) is 11.8 Å². The van der Waals surface area contributed by atoms with E-state index in [0.29, 0.717) is 12.6 Å². The summed E-state index contributed by atoms with van der Waals surface area (Å²) in [5.41, 5.74) is 1.52. The van der Waals surface area contributed by atoms with Crippen LogP contribution in [0.4, 0.5) is 0 Å². The van der Waals surface area contributed by atoms with Crippen LogP contribution in [0.15, 0.2) is 30.0 Å². The molecule has 1 aliphatic rings. The Bertz CT molecular complexity index is 691. The number of nitrogens with zero attached hydrogens (tertiary/aromatic N) is 4. The number of aromatic amines is 1. The van der Waals surface area contributed by atoms with Crippen molar-refractivity contribution in [3.8, 4) is 6.07 Å². The lowest BCUT2D eigenvalue weighted by atomic mass is 10.1. The molecule has 0 bridgehead atoms. The highest BCUT2D eigenvalue weighted by atomic mass is 16.2. The number of hydrogen-bond donors (Lipinski definition) is 2. The molecule has 1 aliphatic heterocycles. The Hall–Kier alpha value is -2.43. The average molecular weight is 356 g/mol. The van der Waals surface area contributed by atoms with E-state index < -0.39 is 0 Å². The smallest absolute Gasteiger partial charge is 0.287 e. The summed E-state index contributed by atoms with van der Waals surface area (Å²) in [5, 5.41) is 11.5. The first kappa shape index (κ1) is 19.9. The van der Waals surface area contributed by atoms with Crippen molar-refractivity contribution < 1.29 is 4.79 Å². The Morgan fingerprint density at radius 1 is 1.46 bits per heavy atom. The third-order valence-electron chi connectivity index (χ3n) is 4.82. The van der Waals surface area contributed by atoms with Crippen molar-refractivity contribution in [1.29, 1.82) is 5.26 Å². The maximum Gasteiger partial charge on any atom is 0.287 e. The predicted molar refractivity (Wildman–Crippen MR) is 102 cm³/mol. The van der Waals surface area contributed by atoms with Crippen molar-refractivity contribution in [2.24, 2.45) is 0 Å². The van der Waals surface area contributed by atoms with Crippen molar-refractivity contribution in [1.82, 2.24) is 25.1 Å². The first-order chi connectivity index (χ1) is 12.6. The van der Waals surface area contributed by atoms with Crippen LogP contribution in [-0.2, 0) is 0 Å². The Kier molecular flexibility index (Phi) is 7.57. The molecule has 0 radical (unpaired) electrons. The number of carbonyl (C=O) groups is 1. The van der Waals surface area contributed by atoms with E-state index in [1.54, 1.807) is 0 Å². The van der Waals surface area contributed by atoms with Crippen LogP contribution in [0.25, 0.3) is 0 Å². The zero-order valence-corrected chi connectivity index (χ0v) is 15.8. The second kappa shape index (κ2) is 9.90. The highest BCUT2D eigenvalue weighted by Crippen LogP contribution is 2.14. The Labute approximate surface area is 155 Å². The molecule has 1 fully saturated rings. The number of allylic oxidation sites excluding steroid dienone is 1. The van der Waals surface area contributed by atoms with Gasteiger partial charge in [0.1, 0.15) is 11.8 Å². The van der Waals surface area contributed by atoms with Gasteiger partial charge < -0.3 is 15.2 Å². The number of aromatic nitrogens is 2. The summed E-state index contributed by atoms with van der Waals surface area (Å²) in [6, 6.07) is 2.27. The lowest BCUT2D eigenvalue weighted by molar-refractivity contribution is 0.0948. The molecule has 0 aliphatic carbocycles. The fourth-order valence-electron chi connectivity index (χ4n) is 3.08. The minimum absolute atomic E-state index is 0.156. The quantitative estimate of drug-likeness (QED) is 0.724. The molecule has 0 saturated carbocycles. The lowest BCUT2D eigenvalue weighted by Gasteiger charge is -2.38. The van der Waals surface area contributed by atoms with Gasteiger partial charge in [-0.15, -0.1) is 0 Å². The maximum absolute atomic E-state index is 12.0. The first-order valence-corrected chi connectivity index (χ1v) is 9.11. The molecular weight excluding hydrogens is 328 g/mol. The number of imidazole rings is 1. The summed E-state index contributed by atoms with van der Waals surface area (Å²) in [4.78, 5) is 23.5. The van der Waals surface area contributed by atoms with E-state index in [1.807, 2.05) is 19.1 Å². The maximum atomic E-state index is 12.0. The first-order valence-electron chi connectivity index (χ1n) is 9.11. The van der Waals surface area contributed by atoms with E-state index in [4.69, 9.17) is 5.26 Å². The standard InChI is InChI=1S/C19H28N6O/c1-4-16(15(3)25-11-9-24(5-2)10-12-25)7-6-8-21-19(26)18-22-14-17(13-20)23-18/h4,6-7,14-15H,5,8-12H2,1-3H3,(H,21,26)(H,22,23)/b7-6-,16-4+. The molecule has 140 valence electrons. The van der Waals surface area contributed by atoms with Gasteiger partial charge in [0.05, 0.1) is 6.20 Å². The molecule has 0 aromatic carbocycles. The third-order valence-corrected chi connectivity index (χ3v) is 4.82. The van der Waals surface area contributed by atoms with Gasteiger partial charge in [-0.2, -0.15) is 5.26 Å². The predicted octanol–water partition coefficient (Wildman–Crippen LogP) is 1.54. The molecule has 1 saturated heterocycles. The molecule has 1 unspecified atom stereocenters. The van der Waals surface area contributed by atoms with Gasteiger partial charge in [0.15, 0.2) is 5.82 Å². The molecule has 26 heavy (non-hydrogen) atoms. The van der Waals surface area contributed by atoms with Crippen LogP contribution < -0.4 is 5.32 Å². The van der Waals surface area contributed by atoms with Gasteiger partial charge in [-0.3, -0.25) is 9.69 Å². The number of likely N-dealkylation sites (N-methyl/N-ethyl adjacent to an activating group) is 1. The molecule has 1 aromatic rings. The minimum atomic E-state index is -0.318. The summed E-state index contributed by atoms with van der Waals surface area (Å²) in [6.07, 6.45) is 7.49. The summed E-state index contributed by atoms with van der Waals surface area (Å²) in [7, 11) is 0. The summed E-state index contributed by atoms with van der Waals surface area (Å²) >= 11 is 0. The van der Waals surface area contributed by atoms with E-state index in [-0.39, 0.29) is 17.4 Å². The molecule has 1 aromatic heterocycles. The second-order valence-electron chi connectivity index (χ2n) is 6.30. The zero-order valence-electron chi connectivity index (χ0n) is 15.8. The second-order valence-corrected chi connectivity index (χ2v) is 6.30. The molecule has 7 nitrogen and oxygen atoms in total. The van der Waals surface area contributed by atoms with E-state index in [2.05, 4.69) is 51.1 Å². The molecule has 2 N–H and O–H groups in total. The molecule has 0 spiro atoms. The van der Waals surface area contributed by atoms with Crippen molar-refractivity contribution in [3.63, 3.8) is 0 Å². The SMILES string of the molecule is C/C=C(\C=C/CNC(=O)c1ncc(C#N)[nH]1)C(C)N1CCN(CC)CC1. The van der Waals surface area contributed by atoms with Crippen LogP contribution in [0.5, 0.6) is 0 Å². The van der Waals surface area contributed by atoms with Crippen LogP contribution in [0.2, 0.25) is 0 Å². The number of rotatable bonds is 7. The van der Waals surface area contributed by atoms with Crippen LogP contribution in [0.1, 0.15) is 37.1 Å². The van der Waals surface area contributed by atoms with Crippen LogP contribution in [0.3, 0.4) is 0 Å². The van der Waals surface area contributed by atoms with E-state index >= 15 is 0 Å². The monoisotopic (exact) mass is 356 g/mol. The highest BCUT2D eigenvalue weighted by molar-refractivity contribution is 5.90. The molecule has 7 heteroatoms. The van der Waals surface area contributed by atoms with Gasteiger partial charge in [0.2, 0.25) is 0 Å². The number of piperazine rings is 1. The summed E-state index contributed by atoms with van der Waals surface area (Å²) < 4.78 is 0. The summed E-state index contributed by atoms with van der Waals surface area (Å²) in [5.74, 6) is -0.162. The summed E-state index contributed by atoms with van der Waals surface area (Å²) in [6.45, 7) is 12.4. The van der Waals surface area contributed by atoms with Crippen molar-refractivity contribution in [3.05, 3.63) is 41.5 Å². The van der Waals surface area contributed by atoms with Crippen molar-refractivity contribution in [2.75, 3.05) is 39.3 Å². The normalized spacial score (nSPS) is 18.0. The van der Waals surface area contributed by atoms with Gasteiger partial charge in [-0.25, -0.2) is 4.98 Å². The molecule has 1 amide bonds. The Balaban J connectivity index is 1.81. The van der Waals surface area contributed by atoms with Gasteiger partial charge in [-0.1, -0.05) is 25.2 Å². The van der Waals surface area contributed by atoms with Crippen LogP contribution in [0, 0.1) is 11.3 Å². The fraction of sp³-hybridized carbons (Fsp3) is 0.526. The topological polar surface area (TPSA) is 88.0 Å². The van der Waals surface area contributed by atoms with Gasteiger partial charge in [-0.05, 0) is 26.0 Å². The van der Waals surface area contributed by atoms with E-state index in [9.17, 15) is 4.79 Å².